The van der Waals surface area contributed by atoms with Crippen LogP contribution in [0.15, 0.2) is 11.6 Å². The Morgan fingerprint density at radius 2 is 2.43 bits per heavy atom. The summed E-state index contributed by atoms with van der Waals surface area (Å²) in [5.74, 6) is 0.762. The number of hydrogen-bond acceptors (Lipinski definition) is 2. The predicted octanol–water partition coefficient (Wildman–Crippen LogP) is 2.68. The summed E-state index contributed by atoms with van der Waals surface area (Å²) in [5, 5.41) is 0. The number of ether oxygens (including phenoxy) is 1. The van der Waals surface area contributed by atoms with E-state index in [4.69, 9.17) is 4.74 Å². The topological polar surface area (TPSA) is 26.3 Å². The molecule has 0 aliphatic heterocycles. The van der Waals surface area contributed by atoms with Crippen molar-refractivity contribution >= 4 is 5.97 Å². The van der Waals surface area contributed by atoms with Crippen LogP contribution in [-0.4, -0.2) is 12.1 Å². The van der Waals surface area contributed by atoms with Crippen molar-refractivity contribution in [3.8, 4) is 0 Å². The monoisotopic (exact) mass is 194 g/mol. The highest BCUT2D eigenvalue weighted by Gasteiger charge is 2.39. The number of rotatable bonds is 3. The van der Waals surface area contributed by atoms with Crippen LogP contribution in [-0.2, 0) is 9.53 Å². The van der Waals surface area contributed by atoms with Gasteiger partial charge in [0.2, 0.25) is 0 Å². The van der Waals surface area contributed by atoms with E-state index in [0.29, 0.717) is 5.92 Å². The Morgan fingerprint density at radius 3 is 2.93 bits per heavy atom. The van der Waals surface area contributed by atoms with Gasteiger partial charge in [-0.3, -0.25) is 4.79 Å². The van der Waals surface area contributed by atoms with Gasteiger partial charge in [0.15, 0.2) is 0 Å². The van der Waals surface area contributed by atoms with Crippen LogP contribution in [0, 0.1) is 11.8 Å². The number of allylic oxidation sites excluding steroid dienone is 2. The van der Waals surface area contributed by atoms with Crippen molar-refractivity contribution in [1.29, 1.82) is 0 Å². The maximum atomic E-state index is 11.8. The Labute approximate surface area is 85.3 Å². The highest BCUT2D eigenvalue weighted by Crippen LogP contribution is 2.44. The molecule has 0 radical (unpaired) electrons. The highest BCUT2D eigenvalue weighted by molar-refractivity contribution is 5.74. The molecule has 2 aliphatic rings. The van der Waals surface area contributed by atoms with Gasteiger partial charge in [-0.25, -0.2) is 0 Å². The molecule has 1 fully saturated rings. The summed E-state index contributed by atoms with van der Waals surface area (Å²) in [6.45, 7) is 4.01. The molecule has 0 aromatic heterocycles. The molecule has 3 atom stereocenters. The normalized spacial score (nSPS) is 31.4. The first-order chi connectivity index (χ1) is 6.70. The Hall–Kier alpha value is -0.790. The van der Waals surface area contributed by atoms with Gasteiger partial charge in [-0.2, -0.15) is 0 Å². The second-order valence-corrected chi connectivity index (χ2v) is 4.53. The number of esters is 1. The maximum absolute atomic E-state index is 11.8. The van der Waals surface area contributed by atoms with Gasteiger partial charge in [0.05, 0.1) is 12.0 Å². The van der Waals surface area contributed by atoms with Crippen LogP contribution < -0.4 is 0 Å². The number of carbonyl (C=O) groups is 1. The summed E-state index contributed by atoms with van der Waals surface area (Å²) < 4.78 is 5.37. The smallest absolute Gasteiger partial charge is 0.309 e. The lowest BCUT2D eigenvalue weighted by Gasteiger charge is -2.19. The molecule has 2 bridgehead atoms. The van der Waals surface area contributed by atoms with Crippen molar-refractivity contribution in [1.82, 2.24) is 0 Å². The van der Waals surface area contributed by atoms with Gasteiger partial charge in [0.25, 0.3) is 0 Å². The molecule has 78 valence electrons. The molecule has 0 N–H and O–H groups in total. The molecule has 0 saturated heterocycles. The number of carbonyl (C=O) groups excluding carboxylic acids is 1. The van der Waals surface area contributed by atoms with Gasteiger partial charge < -0.3 is 4.74 Å². The van der Waals surface area contributed by atoms with E-state index in [9.17, 15) is 4.79 Å². The fraction of sp³-hybridized carbons (Fsp3) is 0.750. The Morgan fingerprint density at radius 1 is 1.64 bits per heavy atom. The maximum Gasteiger partial charge on any atom is 0.309 e. The first kappa shape index (κ1) is 9.75. The fourth-order valence-electron chi connectivity index (χ4n) is 2.39. The molecule has 0 aromatic rings. The zero-order chi connectivity index (χ0) is 10.1. The fourth-order valence-corrected chi connectivity index (χ4v) is 2.39. The van der Waals surface area contributed by atoms with Crippen molar-refractivity contribution in [2.45, 2.75) is 45.6 Å². The molecule has 2 aliphatic carbocycles. The van der Waals surface area contributed by atoms with Crippen LogP contribution in [0.3, 0.4) is 0 Å². The minimum Gasteiger partial charge on any atom is -0.462 e. The van der Waals surface area contributed by atoms with Crippen LogP contribution in [0.2, 0.25) is 0 Å². The summed E-state index contributed by atoms with van der Waals surface area (Å²) >= 11 is 0. The molecule has 2 heteroatoms. The number of hydrogen-bond donors (Lipinski definition) is 0. The molecular formula is C12H18O2. The molecular weight excluding hydrogens is 176 g/mol. The van der Waals surface area contributed by atoms with Crippen molar-refractivity contribution in [3.05, 3.63) is 11.6 Å². The van der Waals surface area contributed by atoms with Gasteiger partial charge in [-0.05, 0) is 38.5 Å². The van der Waals surface area contributed by atoms with E-state index in [-0.39, 0.29) is 18.0 Å². The standard InChI is InChI=1S/C12H18O2/c1-3-8(2)14-12(13)11-7-9-4-5-10(11)6-9/h4,8,10-11H,3,5-7H2,1-2H3. The first-order valence-corrected chi connectivity index (χ1v) is 5.59. The molecule has 2 rings (SSSR count). The molecule has 3 unspecified atom stereocenters. The zero-order valence-electron chi connectivity index (χ0n) is 8.95. The minimum atomic E-state index is 0.0347. The molecule has 14 heavy (non-hydrogen) atoms. The zero-order valence-corrected chi connectivity index (χ0v) is 8.95. The Bertz CT molecular complexity index is 267. The van der Waals surface area contributed by atoms with E-state index in [0.717, 1.165) is 25.7 Å². The summed E-state index contributed by atoms with van der Waals surface area (Å²) in [6, 6.07) is 0. The summed E-state index contributed by atoms with van der Waals surface area (Å²) in [6.07, 6.45) is 6.47. The highest BCUT2D eigenvalue weighted by atomic mass is 16.5. The van der Waals surface area contributed by atoms with E-state index >= 15 is 0 Å². The van der Waals surface area contributed by atoms with Crippen LogP contribution in [0.25, 0.3) is 0 Å². The average Bonchev–Trinajstić information content (AvgIpc) is 2.78. The van der Waals surface area contributed by atoms with E-state index in [1.807, 2.05) is 13.8 Å². The predicted molar refractivity (Wildman–Crippen MR) is 54.8 cm³/mol. The van der Waals surface area contributed by atoms with Crippen molar-refractivity contribution in [2.75, 3.05) is 0 Å². The molecule has 0 heterocycles. The lowest BCUT2D eigenvalue weighted by molar-refractivity contribution is -0.154. The van der Waals surface area contributed by atoms with Crippen LogP contribution in [0.4, 0.5) is 0 Å². The third-order valence-electron chi connectivity index (χ3n) is 3.48. The van der Waals surface area contributed by atoms with Crippen molar-refractivity contribution in [3.63, 3.8) is 0 Å². The molecule has 2 nitrogen and oxygen atoms in total. The Kier molecular flexibility index (Phi) is 2.62. The van der Waals surface area contributed by atoms with Crippen LogP contribution >= 0.6 is 0 Å². The van der Waals surface area contributed by atoms with E-state index in [1.54, 1.807) is 0 Å². The van der Waals surface area contributed by atoms with E-state index in [1.165, 1.54) is 5.57 Å². The lowest BCUT2D eigenvalue weighted by Crippen LogP contribution is -2.25. The van der Waals surface area contributed by atoms with E-state index in [2.05, 4.69) is 6.08 Å². The van der Waals surface area contributed by atoms with Gasteiger partial charge in [-0.1, -0.05) is 18.6 Å². The van der Waals surface area contributed by atoms with Crippen molar-refractivity contribution < 1.29 is 9.53 Å². The number of fused-ring (bicyclic) bond motifs is 2. The second-order valence-electron chi connectivity index (χ2n) is 4.53. The Balaban J connectivity index is 1.90. The molecule has 0 amide bonds. The molecule has 0 aromatic carbocycles. The van der Waals surface area contributed by atoms with Gasteiger partial charge >= 0.3 is 5.97 Å². The van der Waals surface area contributed by atoms with E-state index < -0.39 is 0 Å². The second kappa shape index (κ2) is 3.76. The third kappa shape index (κ3) is 1.70. The molecule has 0 spiro atoms. The minimum absolute atomic E-state index is 0.0347. The quantitative estimate of drug-likeness (QED) is 0.510. The molecule has 1 saturated carbocycles. The van der Waals surface area contributed by atoms with Gasteiger partial charge in [0.1, 0.15) is 0 Å². The summed E-state index contributed by atoms with van der Waals surface area (Å²) in [4.78, 5) is 11.8. The van der Waals surface area contributed by atoms with Gasteiger partial charge in [-0.15, -0.1) is 0 Å². The average molecular weight is 194 g/mol. The third-order valence-corrected chi connectivity index (χ3v) is 3.48. The SMILES string of the molecule is CCC(C)OC(=O)C1CC2=CCC1C2. The lowest BCUT2D eigenvalue weighted by atomic mass is 9.92. The van der Waals surface area contributed by atoms with Crippen molar-refractivity contribution in [2.24, 2.45) is 11.8 Å². The van der Waals surface area contributed by atoms with Crippen LogP contribution in [0.5, 0.6) is 0 Å². The summed E-state index contributed by atoms with van der Waals surface area (Å²) in [7, 11) is 0. The largest absolute Gasteiger partial charge is 0.462 e. The van der Waals surface area contributed by atoms with Crippen LogP contribution in [0.1, 0.15) is 39.5 Å². The summed E-state index contributed by atoms with van der Waals surface area (Å²) in [5.41, 5.74) is 1.47. The van der Waals surface area contributed by atoms with Gasteiger partial charge in [0, 0.05) is 0 Å². The first-order valence-electron chi connectivity index (χ1n) is 5.59.